The highest BCUT2D eigenvalue weighted by molar-refractivity contribution is 6.29. The van der Waals surface area contributed by atoms with Crippen molar-refractivity contribution in [2.75, 3.05) is 40.3 Å². The van der Waals surface area contributed by atoms with Gasteiger partial charge in [-0.1, -0.05) is 35.9 Å². The van der Waals surface area contributed by atoms with Crippen LogP contribution in [0, 0.1) is 0 Å². The van der Waals surface area contributed by atoms with Gasteiger partial charge in [-0.15, -0.1) is 0 Å². The van der Waals surface area contributed by atoms with Crippen molar-refractivity contribution in [2.24, 2.45) is 4.99 Å². The zero-order valence-corrected chi connectivity index (χ0v) is 17.7. The van der Waals surface area contributed by atoms with Gasteiger partial charge < -0.3 is 20.3 Å². The van der Waals surface area contributed by atoms with Crippen molar-refractivity contribution in [1.82, 2.24) is 20.5 Å². The highest BCUT2D eigenvalue weighted by atomic mass is 35.5. The summed E-state index contributed by atoms with van der Waals surface area (Å²) in [4.78, 5) is 10.9. The Hall–Kier alpha value is -2.31. The monoisotopic (exact) mass is 403 g/mol. The van der Waals surface area contributed by atoms with E-state index in [1.165, 1.54) is 0 Å². The first-order valence-electron chi connectivity index (χ1n) is 9.56. The van der Waals surface area contributed by atoms with E-state index < -0.39 is 0 Å². The molecule has 0 saturated heterocycles. The molecule has 0 radical (unpaired) electrons. The van der Waals surface area contributed by atoms with Crippen molar-refractivity contribution in [3.8, 4) is 5.75 Å². The molecule has 2 rings (SSSR count). The molecule has 2 N–H and O–H groups in total. The van der Waals surface area contributed by atoms with Gasteiger partial charge >= 0.3 is 0 Å². The van der Waals surface area contributed by atoms with E-state index in [0.29, 0.717) is 18.3 Å². The van der Waals surface area contributed by atoms with Gasteiger partial charge in [0.25, 0.3) is 0 Å². The van der Waals surface area contributed by atoms with Crippen LogP contribution < -0.4 is 15.4 Å². The molecule has 0 unspecified atom stereocenters. The zero-order chi connectivity index (χ0) is 20.2. The average molecular weight is 404 g/mol. The van der Waals surface area contributed by atoms with Gasteiger partial charge in [0.1, 0.15) is 17.5 Å². The molecule has 0 fully saturated rings. The van der Waals surface area contributed by atoms with Crippen molar-refractivity contribution < 1.29 is 4.74 Å². The van der Waals surface area contributed by atoms with E-state index >= 15 is 0 Å². The summed E-state index contributed by atoms with van der Waals surface area (Å²) in [6.07, 6.45) is 2.65. The topological polar surface area (TPSA) is 61.8 Å². The van der Waals surface area contributed by atoms with Gasteiger partial charge in [-0.25, -0.2) is 9.98 Å². The number of guanidine groups is 1. The standard InChI is InChI=1S/C21H30ClN5O/c1-4-23-21(24-12-11-17-9-10-20(22)25-15-17)26-16-18-7-5-6-8-19(18)28-14-13-27(2)3/h5-10,15H,4,11-14,16H2,1-3H3,(H2,23,24,26). The first-order valence-corrected chi connectivity index (χ1v) is 9.94. The van der Waals surface area contributed by atoms with E-state index in [1.54, 1.807) is 6.20 Å². The summed E-state index contributed by atoms with van der Waals surface area (Å²) in [5, 5.41) is 7.15. The molecule has 1 heterocycles. The van der Waals surface area contributed by atoms with Crippen LogP contribution in [-0.4, -0.2) is 56.2 Å². The Kier molecular flexibility index (Phi) is 9.59. The second kappa shape index (κ2) is 12.2. The first kappa shape index (κ1) is 22.0. The van der Waals surface area contributed by atoms with Gasteiger partial charge in [0.2, 0.25) is 0 Å². The first-order chi connectivity index (χ1) is 13.6. The number of nitrogens with one attached hydrogen (secondary N) is 2. The predicted octanol–water partition coefficient (Wildman–Crippen LogP) is 2.97. The number of hydrogen-bond acceptors (Lipinski definition) is 4. The lowest BCUT2D eigenvalue weighted by molar-refractivity contribution is 0.259. The van der Waals surface area contributed by atoms with Gasteiger partial charge in [-0.2, -0.15) is 0 Å². The fourth-order valence-electron chi connectivity index (χ4n) is 2.50. The number of halogens is 1. The van der Waals surface area contributed by atoms with E-state index in [0.717, 1.165) is 48.9 Å². The Morgan fingerprint density at radius 3 is 2.71 bits per heavy atom. The van der Waals surface area contributed by atoms with Crippen LogP contribution in [-0.2, 0) is 13.0 Å². The smallest absolute Gasteiger partial charge is 0.191 e. The third-order valence-electron chi connectivity index (χ3n) is 4.02. The molecule has 0 amide bonds. The number of benzene rings is 1. The van der Waals surface area contributed by atoms with Crippen LogP contribution in [0.15, 0.2) is 47.6 Å². The Labute approximate surface area is 173 Å². The van der Waals surface area contributed by atoms with E-state index in [9.17, 15) is 0 Å². The van der Waals surface area contributed by atoms with Crippen molar-refractivity contribution >= 4 is 17.6 Å². The highest BCUT2D eigenvalue weighted by Crippen LogP contribution is 2.18. The van der Waals surface area contributed by atoms with E-state index in [1.807, 2.05) is 44.4 Å². The Balaban J connectivity index is 1.91. The number of ether oxygens (including phenoxy) is 1. The maximum absolute atomic E-state index is 5.92. The molecular formula is C21H30ClN5O. The van der Waals surface area contributed by atoms with E-state index in [-0.39, 0.29) is 0 Å². The third-order valence-corrected chi connectivity index (χ3v) is 4.24. The molecule has 0 aliphatic rings. The van der Waals surface area contributed by atoms with Crippen molar-refractivity contribution in [3.05, 3.63) is 58.9 Å². The molecule has 2 aromatic rings. The number of rotatable bonds is 10. The van der Waals surface area contributed by atoms with Crippen LogP contribution in [0.25, 0.3) is 0 Å². The van der Waals surface area contributed by atoms with Gasteiger partial charge in [-0.05, 0) is 45.1 Å². The Bertz CT molecular complexity index is 734. The summed E-state index contributed by atoms with van der Waals surface area (Å²) in [5.41, 5.74) is 2.20. The van der Waals surface area contributed by atoms with E-state index in [4.69, 9.17) is 21.3 Å². The molecule has 6 nitrogen and oxygen atoms in total. The molecule has 7 heteroatoms. The van der Waals surface area contributed by atoms with Gasteiger partial charge in [0.15, 0.2) is 5.96 Å². The maximum Gasteiger partial charge on any atom is 0.191 e. The summed E-state index contributed by atoms with van der Waals surface area (Å²) in [6.45, 7) is 5.70. The van der Waals surface area contributed by atoms with Crippen LogP contribution in [0.2, 0.25) is 5.15 Å². The fourth-order valence-corrected chi connectivity index (χ4v) is 2.61. The van der Waals surface area contributed by atoms with Gasteiger partial charge in [0, 0.05) is 31.4 Å². The lowest BCUT2D eigenvalue weighted by Gasteiger charge is -2.14. The van der Waals surface area contributed by atoms with Crippen molar-refractivity contribution in [2.45, 2.75) is 19.9 Å². The molecule has 1 aromatic heterocycles. The summed E-state index contributed by atoms with van der Waals surface area (Å²) in [6, 6.07) is 11.8. The highest BCUT2D eigenvalue weighted by Gasteiger charge is 2.04. The molecule has 0 spiro atoms. The summed E-state index contributed by atoms with van der Waals surface area (Å²) >= 11 is 5.83. The maximum atomic E-state index is 5.92. The lowest BCUT2D eigenvalue weighted by Crippen LogP contribution is -2.38. The summed E-state index contributed by atoms with van der Waals surface area (Å²) in [7, 11) is 4.07. The number of aromatic nitrogens is 1. The minimum atomic E-state index is 0.512. The number of hydrogen-bond donors (Lipinski definition) is 2. The van der Waals surface area contributed by atoms with Crippen LogP contribution in [0.1, 0.15) is 18.1 Å². The van der Waals surface area contributed by atoms with E-state index in [2.05, 4.69) is 33.5 Å². The third kappa shape index (κ3) is 8.15. The fraction of sp³-hybridized carbons (Fsp3) is 0.429. The SMILES string of the molecule is CCNC(=NCc1ccccc1OCCN(C)C)NCCc1ccc(Cl)nc1. The Morgan fingerprint density at radius 1 is 1.18 bits per heavy atom. The Morgan fingerprint density at radius 2 is 2.00 bits per heavy atom. The van der Waals surface area contributed by atoms with Gasteiger partial charge in [0.05, 0.1) is 6.54 Å². The number of aliphatic imine (C=N–C) groups is 1. The largest absolute Gasteiger partial charge is 0.492 e. The number of likely N-dealkylation sites (N-methyl/N-ethyl adjacent to an activating group) is 1. The van der Waals surface area contributed by atoms with Crippen LogP contribution in [0.5, 0.6) is 5.75 Å². The molecule has 0 aliphatic heterocycles. The molecule has 0 atom stereocenters. The zero-order valence-electron chi connectivity index (χ0n) is 16.9. The van der Waals surface area contributed by atoms with Crippen LogP contribution in [0.3, 0.4) is 0 Å². The molecule has 1 aromatic carbocycles. The molecular weight excluding hydrogens is 374 g/mol. The second-order valence-electron chi connectivity index (χ2n) is 6.62. The normalized spacial score (nSPS) is 11.5. The van der Waals surface area contributed by atoms with Crippen LogP contribution in [0.4, 0.5) is 0 Å². The lowest BCUT2D eigenvalue weighted by atomic mass is 10.2. The van der Waals surface area contributed by atoms with Crippen LogP contribution >= 0.6 is 11.6 Å². The van der Waals surface area contributed by atoms with Crippen molar-refractivity contribution in [3.63, 3.8) is 0 Å². The number of pyridine rings is 1. The number of para-hydroxylation sites is 1. The average Bonchev–Trinajstić information content (AvgIpc) is 2.68. The number of nitrogens with zero attached hydrogens (tertiary/aromatic N) is 3. The van der Waals surface area contributed by atoms with Gasteiger partial charge in [-0.3, -0.25) is 0 Å². The quantitative estimate of drug-likeness (QED) is 0.363. The van der Waals surface area contributed by atoms with Crippen molar-refractivity contribution in [1.29, 1.82) is 0 Å². The molecule has 28 heavy (non-hydrogen) atoms. The second-order valence-corrected chi connectivity index (χ2v) is 7.01. The molecule has 0 aliphatic carbocycles. The summed E-state index contributed by atoms with van der Waals surface area (Å²) < 4.78 is 5.92. The minimum Gasteiger partial charge on any atom is -0.492 e. The molecule has 0 bridgehead atoms. The molecule has 152 valence electrons. The predicted molar refractivity (Wildman–Crippen MR) is 116 cm³/mol. The summed E-state index contributed by atoms with van der Waals surface area (Å²) in [5.74, 6) is 1.67. The molecule has 0 saturated carbocycles. The minimum absolute atomic E-state index is 0.512.